The van der Waals surface area contributed by atoms with Crippen LogP contribution >= 0.6 is 0 Å². The van der Waals surface area contributed by atoms with Gasteiger partial charge in [0.15, 0.2) is 0 Å². The van der Waals surface area contributed by atoms with Crippen molar-refractivity contribution in [3.05, 3.63) is 0 Å². The summed E-state index contributed by atoms with van der Waals surface area (Å²) in [7, 11) is 0. The highest BCUT2D eigenvalue weighted by Gasteiger charge is 2.63. The number of aliphatic hydroxyl groups excluding tert-OH is 1. The molecule has 24 heavy (non-hydrogen) atoms. The van der Waals surface area contributed by atoms with E-state index in [0.717, 1.165) is 49.4 Å². The molecule has 1 spiro atoms. The fourth-order valence-corrected chi connectivity index (χ4v) is 8.78. The molecule has 0 bridgehead atoms. The summed E-state index contributed by atoms with van der Waals surface area (Å²) in [4.78, 5) is 12.6. The number of rotatable bonds is 0. The van der Waals surface area contributed by atoms with Gasteiger partial charge in [0.25, 0.3) is 0 Å². The van der Waals surface area contributed by atoms with Gasteiger partial charge in [-0.1, -0.05) is 6.92 Å². The van der Waals surface area contributed by atoms with E-state index in [-0.39, 0.29) is 6.10 Å². The molecule has 5 aliphatic carbocycles. The second-order valence-electron chi connectivity index (χ2n) is 10.3. The summed E-state index contributed by atoms with van der Waals surface area (Å²) in [6.45, 7) is 2.57. The number of hydrogen-bond donors (Lipinski definition) is 1. The number of ketones is 1. The molecule has 8 atom stereocenters. The van der Waals surface area contributed by atoms with E-state index in [1.807, 2.05) is 0 Å². The molecule has 0 aliphatic heterocycles. The van der Waals surface area contributed by atoms with Crippen LogP contribution in [0.3, 0.4) is 0 Å². The zero-order chi connectivity index (χ0) is 16.5. The lowest BCUT2D eigenvalue weighted by Gasteiger charge is -2.62. The van der Waals surface area contributed by atoms with Gasteiger partial charge in [0.05, 0.1) is 6.10 Å². The molecular formula is C22H34O2. The van der Waals surface area contributed by atoms with Gasteiger partial charge >= 0.3 is 0 Å². The molecule has 0 aromatic rings. The number of fused-ring (bicyclic) bond motifs is 4. The first-order valence-corrected chi connectivity index (χ1v) is 10.8. The van der Waals surface area contributed by atoms with Crippen molar-refractivity contribution in [2.75, 3.05) is 0 Å². The molecule has 0 heterocycles. The summed E-state index contributed by atoms with van der Waals surface area (Å²) in [5, 5.41) is 10.2. The van der Waals surface area contributed by atoms with Crippen molar-refractivity contribution in [2.24, 2.45) is 40.4 Å². The zero-order valence-electron chi connectivity index (χ0n) is 15.3. The van der Waals surface area contributed by atoms with Gasteiger partial charge in [0.2, 0.25) is 0 Å². The van der Waals surface area contributed by atoms with Gasteiger partial charge in [-0.05, 0) is 105 Å². The third-order valence-electron chi connectivity index (χ3n) is 9.81. The standard InChI is InChI=1S/C22H34O2/c1-21-11-8-15(23)13-14(21)4-5-16-17(21)9-12-22-10-2-3-20(24)19(22)7-6-18(16)22/h14-19,23H,2-13H2,1H3/t14-,15-,16-,17+,18+,19-,21+,22-/m1/s1. The van der Waals surface area contributed by atoms with E-state index in [1.165, 1.54) is 51.4 Å². The van der Waals surface area contributed by atoms with E-state index >= 15 is 0 Å². The third-order valence-corrected chi connectivity index (χ3v) is 9.81. The topological polar surface area (TPSA) is 37.3 Å². The van der Waals surface area contributed by atoms with Gasteiger partial charge in [-0.25, -0.2) is 0 Å². The molecular weight excluding hydrogens is 296 g/mol. The summed E-state index contributed by atoms with van der Waals surface area (Å²) in [6, 6.07) is 0. The molecule has 0 aromatic heterocycles. The van der Waals surface area contributed by atoms with Crippen molar-refractivity contribution >= 4 is 5.78 Å². The molecule has 1 N–H and O–H groups in total. The highest BCUT2D eigenvalue weighted by atomic mass is 16.3. The Morgan fingerprint density at radius 3 is 2.71 bits per heavy atom. The quantitative estimate of drug-likeness (QED) is 0.696. The van der Waals surface area contributed by atoms with Crippen molar-refractivity contribution in [1.82, 2.24) is 0 Å². The Kier molecular flexibility index (Phi) is 3.51. The van der Waals surface area contributed by atoms with Crippen LogP contribution in [0.25, 0.3) is 0 Å². The van der Waals surface area contributed by atoms with E-state index in [4.69, 9.17) is 0 Å². The van der Waals surface area contributed by atoms with Crippen LogP contribution in [0.15, 0.2) is 0 Å². The van der Waals surface area contributed by atoms with Crippen LogP contribution in [0.1, 0.15) is 84.0 Å². The minimum Gasteiger partial charge on any atom is -0.393 e. The number of aliphatic hydroxyl groups is 1. The predicted octanol–water partition coefficient (Wildman–Crippen LogP) is 4.74. The summed E-state index contributed by atoms with van der Waals surface area (Å²) in [6.07, 6.45) is 14.6. The third kappa shape index (κ3) is 1.95. The Morgan fingerprint density at radius 1 is 0.958 bits per heavy atom. The molecule has 0 unspecified atom stereocenters. The maximum Gasteiger partial charge on any atom is 0.136 e. The summed E-state index contributed by atoms with van der Waals surface area (Å²) >= 11 is 0. The van der Waals surface area contributed by atoms with E-state index in [1.54, 1.807) is 0 Å². The highest BCUT2D eigenvalue weighted by Crippen LogP contribution is 2.69. The lowest BCUT2D eigenvalue weighted by molar-refractivity contribution is -0.149. The largest absolute Gasteiger partial charge is 0.393 e. The second-order valence-corrected chi connectivity index (χ2v) is 10.3. The van der Waals surface area contributed by atoms with Crippen molar-refractivity contribution in [3.63, 3.8) is 0 Å². The molecule has 5 rings (SSSR count). The van der Waals surface area contributed by atoms with E-state index in [2.05, 4.69) is 6.92 Å². The van der Waals surface area contributed by atoms with Crippen LogP contribution < -0.4 is 0 Å². The van der Waals surface area contributed by atoms with Gasteiger partial charge in [-0.3, -0.25) is 4.79 Å². The lowest BCUT2D eigenvalue weighted by Crippen LogP contribution is -2.55. The molecule has 2 heteroatoms. The van der Waals surface area contributed by atoms with Crippen LogP contribution in [-0.4, -0.2) is 17.0 Å². The number of carbonyl (C=O) groups excluding carboxylic acids is 1. The maximum absolute atomic E-state index is 12.6. The van der Waals surface area contributed by atoms with Crippen LogP contribution in [0.4, 0.5) is 0 Å². The number of hydrogen-bond acceptors (Lipinski definition) is 2. The van der Waals surface area contributed by atoms with Gasteiger partial charge in [-0.15, -0.1) is 0 Å². The summed E-state index contributed by atoms with van der Waals surface area (Å²) in [5.41, 5.74) is 0.883. The molecule has 5 saturated carbocycles. The van der Waals surface area contributed by atoms with Gasteiger partial charge in [0, 0.05) is 12.3 Å². The predicted molar refractivity (Wildman–Crippen MR) is 94.4 cm³/mol. The molecule has 134 valence electrons. The van der Waals surface area contributed by atoms with E-state index in [9.17, 15) is 9.90 Å². The Bertz CT molecular complexity index is 542. The fourth-order valence-electron chi connectivity index (χ4n) is 8.78. The van der Waals surface area contributed by atoms with Crippen LogP contribution in [0.2, 0.25) is 0 Å². The summed E-state index contributed by atoms with van der Waals surface area (Å²) in [5.74, 6) is 4.39. The summed E-state index contributed by atoms with van der Waals surface area (Å²) < 4.78 is 0. The second kappa shape index (κ2) is 5.32. The molecule has 0 radical (unpaired) electrons. The molecule has 2 nitrogen and oxygen atoms in total. The highest BCUT2D eigenvalue weighted by molar-refractivity contribution is 5.83. The Morgan fingerprint density at radius 2 is 1.83 bits per heavy atom. The number of Topliss-reactive ketones (excluding diaryl/α,β-unsaturated/α-hetero) is 1. The van der Waals surface area contributed by atoms with Crippen molar-refractivity contribution < 1.29 is 9.90 Å². The van der Waals surface area contributed by atoms with E-state index < -0.39 is 0 Å². The minimum absolute atomic E-state index is 0.0404. The molecule has 0 saturated heterocycles. The monoisotopic (exact) mass is 330 g/mol. The Labute approximate surface area is 146 Å². The van der Waals surface area contributed by atoms with Gasteiger partial charge in [-0.2, -0.15) is 0 Å². The SMILES string of the molecule is C[C@]12CC[C@@H](O)C[C@H]1CC[C@@H]1[C@@H]2CC[C@@]23CCCC(=O)[C@H]2CC[C@@H]13. The van der Waals surface area contributed by atoms with E-state index in [0.29, 0.717) is 22.5 Å². The maximum atomic E-state index is 12.6. The Hall–Kier alpha value is -0.370. The molecule has 5 fully saturated rings. The van der Waals surface area contributed by atoms with Gasteiger partial charge < -0.3 is 5.11 Å². The van der Waals surface area contributed by atoms with Crippen LogP contribution in [0, 0.1) is 40.4 Å². The number of carbonyl (C=O) groups is 1. The molecule has 5 aliphatic rings. The van der Waals surface area contributed by atoms with Gasteiger partial charge in [0.1, 0.15) is 5.78 Å². The van der Waals surface area contributed by atoms with Crippen molar-refractivity contribution in [2.45, 2.75) is 90.1 Å². The first kappa shape index (κ1) is 15.9. The van der Waals surface area contributed by atoms with Crippen LogP contribution in [-0.2, 0) is 4.79 Å². The smallest absolute Gasteiger partial charge is 0.136 e. The van der Waals surface area contributed by atoms with Crippen LogP contribution in [0.5, 0.6) is 0 Å². The lowest BCUT2D eigenvalue weighted by atomic mass is 9.43. The van der Waals surface area contributed by atoms with Crippen molar-refractivity contribution in [1.29, 1.82) is 0 Å². The molecule has 0 amide bonds. The Balaban J connectivity index is 1.46. The average molecular weight is 331 g/mol. The zero-order valence-corrected chi connectivity index (χ0v) is 15.3. The van der Waals surface area contributed by atoms with Crippen molar-refractivity contribution in [3.8, 4) is 0 Å². The first-order valence-electron chi connectivity index (χ1n) is 10.8. The molecule has 0 aromatic carbocycles. The first-order chi connectivity index (χ1) is 11.5. The fraction of sp³-hybridized carbons (Fsp3) is 0.955. The average Bonchev–Trinajstić information content (AvgIpc) is 2.96. The minimum atomic E-state index is -0.0404. The normalized spacial score (nSPS) is 56.8.